The van der Waals surface area contributed by atoms with Gasteiger partial charge in [0.1, 0.15) is 12.1 Å². The number of carbonyl (C=O) groups excluding carboxylic acids is 2. The van der Waals surface area contributed by atoms with Gasteiger partial charge in [-0.1, -0.05) is 120 Å². The largest absolute Gasteiger partial charge is 0.378 e. The van der Waals surface area contributed by atoms with E-state index in [1.807, 2.05) is 147 Å². The fourth-order valence-electron chi connectivity index (χ4n) is 9.14. The van der Waals surface area contributed by atoms with Gasteiger partial charge in [-0.3, -0.25) is 9.59 Å². The first kappa shape index (κ1) is 53.4. The first-order valence-corrected chi connectivity index (χ1v) is 28.3. The molecule has 10 rings (SSSR count). The molecule has 0 bridgehead atoms. The average molecular weight is 1060 g/mol. The summed E-state index contributed by atoms with van der Waals surface area (Å²) in [4.78, 5) is 31.6. The molecule has 2 atom stereocenters. The number of sulfonamides is 2. The minimum atomic E-state index is -3.93. The molecule has 0 radical (unpaired) electrons. The van der Waals surface area contributed by atoms with Crippen molar-refractivity contribution in [3.05, 3.63) is 204 Å². The van der Waals surface area contributed by atoms with Gasteiger partial charge < -0.3 is 29.9 Å². The van der Waals surface area contributed by atoms with Crippen molar-refractivity contribution in [3.63, 3.8) is 0 Å². The molecule has 2 fully saturated rings. The fraction of sp³-hybridized carbons (Fsp3) is 0.233. The second-order valence-corrected chi connectivity index (χ2v) is 22.4. The van der Waals surface area contributed by atoms with Crippen LogP contribution in [0.3, 0.4) is 0 Å². The molecule has 2 saturated heterocycles. The standard InChI is InChI=1S/2C30H31N3O4S/c2*1-22-6-14-28(15-7-22)38(35,36)32-29(21-23-8-9-24-4-2-3-5-25(24)20-23)30(34)31-26-10-12-27(13-11-26)33-16-18-37-19-17-33/h2*2-15,20,29,32H,16-19,21H2,1H3,(H,31,34)/t2*29-/m00/s1. The van der Waals surface area contributed by atoms with Gasteiger partial charge in [-0.25, -0.2) is 16.8 Å². The van der Waals surface area contributed by atoms with Crippen LogP contribution in [0.5, 0.6) is 0 Å². The van der Waals surface area contributed by atoms with Crippen LogP contribution in [0.15, 0.2) is 192 Å². The normalized spacial score (nSPS) is 14.8. The Balaban J connectivity index is 0.000000186. The van der Waals surface area contributed by atoms with Gasteiger partial charge >= 0.3 is 0 Å². The van der Waals surface area contributed by atoms with Gasteiger partial charge in [-0.2, -0.15) is 9.44 Å². The molecule has 0 unspecified atom stereocenters. The van der Waals surface area contributed by atoms with Gasteiger partial charge in [0.15, 0.2) is 0 Å². The van der Waals surface area contributed by atoms with Gasteiger partial charge in [-0.05, 0) is 132 Å². The Labute approximate surface area is 445 Å². The number of rotatable bonds is 16. The van der Waals surface area contributed by atoms with Crippen LogP contribution in [0.25, 0.3) is 21.5 Å². The second-order valence-electron chi connectivity index (χ2n) is 19.0. The van der Waals surface area contributed by atoms with Crippen LogP contribution in [0.1, 0.15) is 22.3 Å². The quantitative estimate of drug-likeness (QED) is 0.0731. The Morgan fingerprint density at radius 3 is 1.14 bits per heavy atom. The van der Waals surface area contributed by atoms with E-state index in [0.29, 0.717) is 37.8 Å². The highest BCUT2D eigenvalue weighted by Gasteiger charge is 2.28. The second kappa shape index (κ2) is 24.5. The number of nitrogens with one attached hydrogen (secondary N) is 4. The summed E-state index contributed by atoms with van der Waals surface area (Å²) in [6, 6.07) is 54.0. The number of aryl methyl sites for hydroxylation is 2. The molecule has 14 nitrogen and oxygen atoms in total. The van der Waals surface area contributed by atoms with Gasteiger partial charge in [0.05, 0.1) is 36.2 Å². The highest BCUT2D eigenvalue weighted by Crippen LogP contribution is 2.24. The number of morpholine rings is 2. The third-order valence-corrected chi connectivity index (χ3v) is 16.4. The van der Waals surface area contributed by atoms with E-state index in [1.54, 1.807) is 48.5 Å². The predicted octanol–water partition coefficient (Wildman–Crippen LogP) is 9.03. The zero-order chi connectivity index (χ0) is 53.1. The summed E-state index contributed by atoms with van der Waals surface area (Å²) in [6.07, 6.45) is 0.404. The van der Waals surface area contributed by atoms with E-state index < -0.39 is 43.9 Å². The lowest BCUT2D eigenvalue weighted by atomic mass is 10.0. The van der Waals surface area contributed by atoms with E-state index >= 15 is 0 Å². The van der Waals surface area contributed by atoms with E-state index in [1.165, 1.54) is 0 Å². The van der Waals surface area contributed by atoms with Crippen molar-refractivity contribution in [1.82, 2.24) is 9.44 Å². The number of carbonyl (C=O) groups is 2. The van der Waals surface area contributed by atoms with Gasteiger partial charge in [-0.15, -0.1) is 0 Å². The first-order valence-electron chi connectivity index (χ1n) is 25.4. The molecule has 0 spiro atoms. The Morgan fingerprint density at radius 1 is 0.447 bits per heavy atom. The lowest BCUT2D eigenvalue weighted by Crippen LogP contribution is -2.45. The van der Waals surface area contributed by atoms with Crippen LogP contribution in [0.2, 0.25) is 0 Å². The zero-order valence-electron chi connectivity index (χ0n) is 42.5. The summed E-state index contributed by atoms with van der Waals surface area (Å²) in [5.74, 6) is -0.846. The van der Waals surface area contributed by atoms with E-state index in [4.69, 9.17) is 9.47 Å². The maximum absolute atomic E-state index is 13.5. The lowest BCUT2D eigenvalue weighted by molar-refractivity contribution is -0.118. The number of hydrogen-bond acceptors (Lipinski definition) is 10. The number of anilines is 4. The fourth-order valence-corrected chi connectivity index (χ4v) is 11.5. The van der Waals surface area contributed by atoms with Crippen LogP contribution < -0.4 is 29.9 Å². The molecule has 0 aliphatic carbocycles. The highest BCUT2D eigenvalue weighted by atomic mass is 32.2. The van der Waals surface area contributed by atoms with Crippen LogP contribution >= 0.6 is 0 Å². The zero-order valence-corrected chi connectivity index (χ0v) is 44.2. The molecule has 2 amide bonds. The molecule has 2 heterocycles. The van der Waals surface area contributed by atoms with Gasteiger partial charge in [0, 0.05) is 48.9 Å². The molecule has 8 aromatic rings. The average Bonchev–Trinajstić information content (AvgIpc) is 3.44. The van der Waals surface area contributed by atoms with Gasteiger partial charge in [0.2, 0.25) is 31.9 Å². The van der Waals surface area contributed by atoms with E-state index in [-0.39, 0.29) is 22.6 Å². The third-order valence-electron chi connectivity index (χ3n) is 13.4. The lowest BCUT2D eigenvalue weighted by Gasteiger charge is -2.29. The number of amides is 2. The minimum Gasteiger partial charge on any atom is -0.378 e. The molecule has 8 aromatic carbocycles. The number of fused-ring (bicyclic) bond motifs is 2. The number of hydrogen-bond donors (Lipinski definition) is 4. The SMILES string of the molecule is Cc1ccc(S(=O)(=O)N[C@@H](Cc2ccc3ccccc3c2)C(=O)Nc2ccc(N3CCOCC3)cc2)cc1.Cc1ccc(S(=O)(=O)N[C@@H](Cc2ccc3ccccc3c2)C(=O)Nc2ccc(N3CCOCC3)cc2)cc1. The predicted molar refractivity (Wildman–Crippen MR) is 302 cm³/mol. The van der Waals surface area contributed by atoms with Crippen LogP contribution in [-0.4, -0.2) is 93.3 Å². The first-order chi connectivity index (χ1) is 36.7. The number of ether oxygens (including phenoxy) is 2. The molecule has 392 valence electrons. The summed E-state index contributed by atoms with van der Waals surface area (Å²) in [6.45, 7) is 9.83. The number of nitrogens with zero attached hydrogens (tertiary/aromatic N) is 2. The monoisotopic (exact) mass is 1060 g/mol. The molecule has 16 heteroatoms. The Hall–Kier alpha value is -7.44. The summed E-state index contributed by atoms with van der Waals surface area (Å²) >= 11 is 0. The molecule has 4 N–H and O–H groups in total. The van der Waals surface area contributed by atoms with Crippen molar-refractivity contribution in [2.45, 2.75) is 48.6 Å². The van der Waals surface area contributed by atoms with Crippen molar-refractivity contribution in [3.8, 4) is 0 Å². The molecule has 2 aliphatic heterocycles. The Morgan fingerprint density at radius 2 is 0.789 bits per heavy atom. The molecule has 0 aromatic heterocycles. The maximum atomic E-state index is 13.5. The van der Waals surface area contributed by atoms with E-state index in [9.17, 15) is 26.4 Å². The molecule has 76 heavy (non-hydrogen) atoms. The van der Waals surface area contributed by atoms with E-state index in [0.717, 1.165) is 81.4 Å². The van der Waals surface area contributed by atoms with Crippen LogP contribution in [0.4, 0.5) is 22.7 Å². The maximum Gasteiger partial charge on any atom is 0.242 e. The van der Waals surface area contributed by atoms with Crippen molar-refractivity contribution >= 4 is 76.2 Å². The summed E-state index contributed by atoms with van der Waals surface area (Å²) in [5.41, 5.74) is 6.94. The summed E-state index contributed by atoms with van der Waals surface area (Å²) in [7, 11) is -7.85. The Bertz CT molecular complexity index is 3260. The highest BCUT2D eigenvalue weighted by molar-refractivity contribution is 7.89. The van der Waals surface area contributed by atoms with Crippen molar-refractivity contribution in [2.24, 2.45) is 0 Å². The molecular formula is C60H62N6O8S2. The topological polar surface area (TPSA) is 175 Å². The molecular weight excluding hydrogens is 997 g/mol. The molecule has 2 aliphatic rings. The summed E-state index contributed by atoms with van der Waals surface area (Å²) < 4.78 is 69.0. The minimum absolute atomic E-state index is 0.120. The Kier molecular flexibility index (Phi) is 17.2. The third kappa shape index (κ3) is 14.1. The van der Waals surface area contributed by atoms with Crippen LogP contribution in [-0.2, 0) is 52.0 Å². The van der Waals surface area contributed by atoms with Crippen molar-refractivity contribution in [2.75, 3.05) is 73.0 Å². The van der Waals surface area contributed by atoms with Crippen LogP contribution in [0, 0.1) is 13.8 Å². The van der Waals surface area contributed by atoms with E-state index in [2.05, 4.69) is 29.9 Å². The van der Waals surface area contributed by atoms with Gasteiger partial charge in [0.25, 0.3) is 0 Å². The molecule has 0 saturated carbocycles. The smallest absolute Gasteiger partial charge is 0.242 e. The van der Waals surface area contributed by atoms with Crippen molar-refractivity contribution < 1.29 is 35.9 Å². The number of benzene rings is 8. The summed E-state index contributed by atoms with van der Waals surface area (Å²) in [5, 5.41) is 10.0. The van der Waals surface area contributed by atoms with Crippen molar-refractivity contribution in [1.29, 1.82) is 0 Å².